The van der Waals surface area contributed by atoms with Crippen molar-refractivity contribution >= 4 is 6.03 Å². The van der Waals surface area contributed by atoms with Gasteiger partial charge in [-0.05, 0) is 48.2 Å². The minimum atomic E-state index is -0.186. The highest BCUT2D eigenvalue weighted by molar-refractivity contribution is 5.73. The van der Waals surface area contributed by atoms with Gasteiger partial charge in [0.25, 0.3) is 0 Å². The van der Waals surface area contributed by atoms with Gasteiger partial charge in [0.2, 0.25) is 0 Å². The van der Waals surface area contributed by atoms with Crippen LogP contribution in [-0.4, -0.2) is 33.9 Å². The number of carbonyl (C=O) groups is 1. The zero-order chi connectivity index (χ0) is 18.8. The Hall–Kier alpha value is -2.89. The van der Waals surface area contributed by atoms with E-state index in [0.29, 0.717) is 24.6 Å². The molecule has 0 spiro atoms. The lowest BCUT2D eigenvalue weighted by atomic mass is 10.1. The van der Waals surface area contributed by atoms with Crippen LogP contribution in [0.2, 0.25) is 0 Å². The minimum Gasteiger partial charge on any atom is -0.497 e. The molecule has 2 amide bonds. The molecule has 0 radical (unpaired) electrons. The molecule has 0 heterocycles. The van der Waals surface area contributed by atoms with Crippen LogP contribution in [0.5, 0.6) is 17.2 Å². The lowest BCUT2D eigenvalue weighted by Gasteiger charge is -2.11. The number of urea groups is 1. The Morgan fingerprint density at radius 2 is 1.54 bits per heavy atom. The second kappa shape index (κ2) is 10.2. The minimum absolute atomic E-state index is 0.186. The Bertz CT molecular complexity index is 701. The summed E-state index contributed by atoms with van der Waals surface area (Å²) in [5.41, 5.74) is 2.16. The normalized spacial score (nSPS) is 10.1. The molecule has 0 saturated heterocycles. The van der Waals surface area contributed by atoms with E-state index in [-0.39, 0.29) is 6.03 Å². The first-order chi connectivity index (χ1) is 12.7. The Balaban J connectivity index is 1.68. The molecule has 0 aliphatic carbocycles. The van der Waals surface area contributed by atoms with Gasteiger partial charge in [0, 0.05) is 13.1 Å². The van der Waals surface area contributed by atoms with Gasteiger partial charge in [-0.2, -0.15) is 0 Å². The second-order valence-electron chi connectivity index (χ2n) is 5.75. The van der Waals surface area contributed by atoms with Crippen LogP contribution >= 0.6 is 0 Å². The summed E-state index contributed by atoms with van der Waals surface area (Å²) in [5, 5.41) is 5.70. The van der Waals surface area contributed by atoms with Gasteiger partial charge in [-0.15, -0.1) is 0 Å². The molecule has 2 rings (SSSR count). The zero-order valence-electron chi connectivity index (χ0n) is 15.5. The van der Waals surface area contributed by atoms with Crippen LogP contribution in [-0.2, 0) is 13.0 Å². The number of nitrogens with one attached hydrogen (secondary N) is 2. The smallest absolute Gasteiger partial charge is 0.315 e. The summed E-state index contributed by atoms with van der Waals surface area (Å²) in [6, 6.07) is 13.3. The second-order valence-corrected chi connectivity index (χ2v) is 5.75. The first kappa shape index (κ1) is 19.4. The first-order valence-electron chi connectivity index (χ1n) is 8.51. The number of hydrogen-bond acceptors (Lipinski definition) is 4. The van der Waals surface area contributed by atoms with Crippen LogP contribution in [0.15, 0.2) is 42.5 Å². The van der Waals surface area contributed by atoms with E-state index in [2.05, 4.69) is 10.6 Å². The van der Waals surface area contributed by atoms with Crippen molar-refractivity contribution in [1.82, 2.24) is 10.6 Å². The van der Waals surface area contributed by atoms with Crippen molar-refractivity contribution in [3.05, 3.63) is 53.6 Å². The summed E-state index contributed by atoms with van der Waals surface area (Å²) >= 11 is 0. The number of amides is 2. The number of carbonyl (C=O) groups excluding carboxylic acids is 1. The van der Waals surface area contributed by atoms with Crippen LogP contribution < -0.4 is 24.8 Å². The molecule has 2 aromatic rings. The van der Waals surface area contributed by atoms with Crippen molar-refractivity contribution in [1.29, 1.82) is 0 Å². The maximum atomic E-state index is 11.9. The van der Waals surface area contributed by atoms with Crippen LogP contribution in [0, 0.1) is 0 Å². The third kappa shape index (κ3) is 5.88. The molecule has 6 heteroatoms. The molecular formula is C20H26N2O4. The summed E-state index contributed by atoms with van der Waals surface area (Å²) in [4.78, 5) is 11.9. The van der Waals surface area contributed by atoms with Gasteiger partial charge >= 0.3 is 6.03 Å². The third-order valence-corrected chi connectivity index (χ3v) is 3.99. The maximum Gasteiger partial charge on any atom is 0.315 e. The molecule has 140 valence electrons. The van der Waals surface area contributed by atoms with Crippen molar-refractivity contribution in [3.8, 4) is 17.2 Å². The Morgan fingerprint density at radius 1 is 0.846 bits per heavy atom. The molecular weight excluding hydrogens is 332 g/mol. The molecule has 0 atom stereocenters. The van der Waals surface area contributed by atoms with Gasteiger partial charge in [-0.25, -0.2) is 4.79 Å². The van der Waals surface area contributed by atoms with E-state index >= 15 is 0 Å². The molecule has 2 aromatic carbocycles. The lowest BCUT2D eigenvalue weighted by molar-refractivity contribution is 0.240. The van der Waals surface area contributed by atoms with Crippen molar-refractivity contribution in [2.24, 2.45) is 0 Å². The number of aryl methyl sites for hydroxylation is 1. The van der Waals surface area contributed by atoms with E-state index in [1.54, 1.807) is 21.3 Å². The quantitative estimate of drug-likeness (QED) is 0.676. The molecule has 0 aliphatic rings. The molecule has 2 N–H and O–H groups in total. The average molecular weight is 358 g/mol. The molecule has 0 saturated carbocycles. The van der Waals surface area contributed by atoms with Crippen molar-refractivity contribution < 1.29 is 19.0 Å². The van der Waals surface area contributed by atoms with Gasteiger partial charge in [0.15, 0.2) is 11.5 Å². The van der Waals surface area contributed by atoms with Crippen LogP contribution in [0.4, 0.5) is 4.79 Å². The van der Waals surface area contributed by atoms with E-state index in [9.17, 15) is 4.79 Å². The highest BCUT2D eigenvalue weighted by Gasteiger charge is 2.06. The molecule has 26 heavy (non-hydrogen) atoms. The molecule has 0 aromatic heterocycles. The topological polar surface area (TPSA) is 68.8 Å². The molecule has 0 fully saturated rings. The summed E-state index contributed by atoms with van der Waals surface area (Å²) in [5.74, 6) is 2.16. The Morgan fingerprint density at radius 3 is 2.19 bits per heavy atom. The van der Waals surface area contributed by atoms with Gasteiger partial charge in [0.1, 0.15) is 5.75 Å². The Labute approximate surface area is 154 Å². The predicted octanol–water partition coefficient (Wildman–Crippen LogP) is 3.14. The van der Waals surface area contributed by atoms with Gasteiger partial charge in [-0.3, -0.25) is 0 Å². The standard InChI is InChI=1S/C20H26N2O4/c1-24-17-9-6-15(7-10-17)5-4-12-21-20(23)22-14-16-8-11-18(25-2)19(13-16)26-3/h6-11,13H,4-5,12,14H2,1-3H3,(H2,21,22,23). The maximum absolute atomic E-state index is 11.9. The monoisotopic (exact) mass is 358 g/mol. The highest BCUT2D eigenvalue weighted by Crippen LogP contribution is 2.27. The lowest BCUT2D eigenvalue weighted by Crippen LogP contribution is -2.35. The van der Waals surface area contributed by atoms with E-state index in [4.69, 9.17) is 14.2 Å². The largest absolute Gasteiger partial charge is 0.497 e. The summed E-state index contributed by atoms with van der Waals surface area (Å²) in [6.07, 6.45) is 1.77. The van der Waals surface area contributed by atoms with E-state index in [1.165, 1.54) is 5.56 Å². The summed E-state index contributed by atoms with van der Waals surface area (Å²) < 4.78 is 15.6. The fourth-order valence-corrected chi connectivity index (χ4v) is 2.52. The number of hydrogen-bond donors (Lipinski definition) is 2. The SMILES string of the molecule is COc1ccc(CCCNC(=O)NCc2ccc(OC)c(OC)c2)cc1. The highest BCUT2D eigenvalue weighted by atomic mass is 16.5. The third-order valence-electron chi connectivity index (χ3n) is 3.99. The van der Waals surface area contributed by atoms with Crippen molar-refractivity contribution in [2.75, 3.05) is 27.9 Å². The molecule has 0 unspecified atom stereocenters. The molecule has 0 bridgehead atoms. The Kier molecular flexibility index (Phi) is 7.61. The fraction of sp³-hybridized carbons (Fsp3) is 0.350. The van der Waals surface area contributed by atoms with Gasteiger partial charge in [-0.1, -0.05) is 18.2 Å². The first-order valence-corrected chi connectivity index (χ1v) is 8.51. The number of benzene rings is 2. The summed E-state index contributed by atoms with van der Waals surface area (Å²) in [7, 11) is 4.83. The van der Waals surface area contributed by atoms with Gasteiger partial charge in [0.05, 0.1) is 21.3 Å². The van der Waals surface area contributed by atoms with E-state index < -0.39 is 0 Å². The van der Waals surface area contributed by atoms with E-state index in [0.717, 1.165) is 24.2 Å². The molecule has 0 aliphatic heterocycles. The number of methoxy groups -OCH3 is 3. The molecule has 6 nitrogen and oxygen atoms in total. The van der Waals surface area contributed by atoms with Crippen molar-refractivity contribution in [2.45, 2.75) is 19.4 Å². The van der Waals surface area contributed by atoms with E-state index in [1.807, 2.05) is 42.5 Å². The van der Waals surface area contributed by atoms with Crippen LogP contribution in [0.25, 0.3) is 0 Å². The number of rotatable bonds is 9. The van der Waals surface area contributed by atoms with Gasteiger partial charge < -0.3 is 24.8 Å². The van der Waals surface area contributed by atoms with Crippen LogP contribution in [0.3, 0.4) is 0 Å². The fourth-order valence-electron chi connectivity index (χ4n) is 2.52. The van der Waals surface area contributed by atoms with Crippen LogP contribution in [0.1, 0.15) is 17.5 Å². The van der Waals surface area contributed by atoms with Crippen molar-refractivity contribution in [3.63, 3.8) is 0 Å². The number of ether oxygens (including phenoxy) is 3. The predicted molar refractivity (Wildman–Crippen MR) is 101 cm³/mol. The summed E-state index contributed by atoms with van der Waals surface area (Å²) in [6.45, 7) is 1.04. The zero-order valence-corrected chi connectivity index (χ0v) is 15.5. The average Bonchev–Trinajstić information content (AvgIpc) is 2.69.